The van der Waals surface area contributed by atoms with Crippen molar-refractivity contribution in [2.24, 2.45) is 5.73 Å². The monoisotopic (exact) mass is 156 g/mol. The first-order valence-electron chi connectivity index (χ1n) is 2.98. The van der Waals surface area contributed by atoms with Crippen LogP contribution in [0.15, 0.2) is 11.9 Å². The zero-order valence-corrected chi connectivity index (χ0v) is 5.68. The zero-order chi connectivity index (χ0) is 8.27. The number of hydrazine groups is 1. The molecular formula is C5H8N4O2. The topological polar surface area (TPSA) is 96.2 Å². The van der Waals surface area contributed by atoms with E-state index in [1.807, 2.05) is 0 Å². The van der Waals surface area contributed by atoms with Crippen molar-refractivity contribution in [1.82, 2.24) is 16.2 Å². The second-order valence-corrected chi connectivity index (χ2v) is 1.99. The van der Waals surface area contributed by atoms with Gasteiger partial charge in [0.25, 0.3) is 0 Å². The number of primary amides is 1. The predicted octanol–water partition coefficient (Wildman–Crippen LogP) is -1.83. The third-order valence-electron chi connectivity index (χ3n) is 1.08. The van der Waals surface area contributed by atoms with E-state index in [1.54, 1.807) is 0 Å². The lowest BCUT2D eigenvalue weighted by Crippen LogP contribution is -2.42. The van der Waals surface area contributed by atoms with Crippen molar-refractivity contribution in [1.29, 1.82) is 0 Å². The Labute approximate surface area is 62.8 Å². The Morgan fingerprint density at radius 1 is 1.73 bits per heavy atom. The molecule has 0 aromatic carbocycles. The van der Waals surface area contributed by atoms with Crippen molar-refractivity contribution < 1.29 is 9.59 Å². The first-order valence-corrected chi connectivity index (χ1v) is 2.98. The number of rotatable bonds is 2. The molecule has 2 amide bonds. The highest BCUT2D eigenvalue weighted by Crippen LogP contribution is 1.90. The zero-order valence-electron chi connectivity index (χ0n) is 5.68. The van der Waals surface area contributed by atoms with E-state index in [9.17, 15) is 9.59 Å². The fraction of sp³-hybridized carbons (Fsp3) is 0.200. The van der Waals surface area contributed by atoms with Gasteiger partial charge in [-0.25, -0.2) is 4.79 Å². The van der Waals surface area contributed by atoms with Gasteiger partial charge < -0.3 is 11.1 Å². The molecule has 11 heavy (non-hydrogen) atoms. The summed E-state index contributed by atoms with van der Waals surface area (Å²) in [5.74, 6) is 0.410. The molecule has 0 aromatic heterocycles. The summed E-state index contributed by atoms with van der Waals surface area (Å²) < 4.78 is 0. The second kappa shape index (κ2) is 2.91. The highest BCUT2D eigenvalue weighted by atomic mass is 16.2. The second-order valence-electron chi connectivity index (χ2n) is 1.99. The van der Waals surface area contributed by atoms with Crippen LogP contribution in [0.2, 0.25) is 0 Å². The van der Waals surface area contributed by atoms with E-state index in [4.69, 9.17) is 5.73 Å². The van der Waals surface area contributed by atoms with Gasteiger partial charge in [-0.2, -0.15) is 0 Å². The molecule has 5 N–H and O–H groups in total. The lowest BCUT2D eigenvalue weighted by atomic mass is 10.4. The number of urea groups is 1. The van der Waals surface area contributed by atoms with Gasteiger partial charge in [0, 0.05) is 6.08 Å². The maximum absolute atomic E-state index is 10.6. The summed E-state index contributed by atoms with van der Waals surface area (Å²) in [5.41, 5.74) is 9.28. The van der Waals surface area contributed by atoms with Crippen LogP contribution in [0.3, 0.4) is 0 Å². The number of ketones is 1. The van der Waals surface area contributed by atoms with Gasteiger partial charge >= 0.3 is 6.03 Å². The van der Waals surface area contributed by atoms with E-state index in [0.29, 0.717) is 5.82 Å². The highest BCUT2D eigenvalue weighted by Gasteiger charge is 2.09. The van der Waals surface area contributed by atoms with Crippen LogP contribution in [0, 0.1) is 0 Å². The number of hydrogen-bond acceptors (Lipinski definition) is 4. The Hall–Kier alpha value is -1.72. The summed E-state index contributed by atoms with van der Waals surface area (Å²) in [5, 5.41) is 2.69. The van der Waals surface area contributed by atoms with Gasteiger partial charge in [-0.15, -0.1) is 0 Å². The molecule has 1 aliphatic rings. The molecule has 0 saturated heterocycles. The molecule has 60 valence electrons. The van der Waals surface area contributed by atoms with Crippen LogP contribution in [0.5, 0.6) is 0 Å². The smallest absolute Gasteiger partial charge is 0.330 e. The standard InChI is InChI=1S/C5H8N4O2/c6-5(11)9-8-4-1-3(10)2-7-4/h1,7-8H,2H2,(H3,6,9,11). The summed E-state index contributed by atoms with van der Waals surface area (Å²) in [6.07, 6.45) is 1.34. The van der Waals surface area contributed by atoms with Gasteiger partial charge in [0.1, 0.15) is 5.82 Å². The average molecular weight is 156 g/mol. The van der Waals surface area contributed by atoms with E-state index in [2.05, 4.69) is 16.2 Å². The molecular weight excluding hydrogens is 148 g/mol. The van der Waals surface area contributed by atoms with Crippen LogP contribution in [0.4, 0.5) is 4.79 Å². The molecule has 0 spiro atoms. The third-order valence-corrected chi connectivity index (χ3v) is 1.08. The molecule has 1 aliphatic heterocycles. The van der Waals surface area contributed by atoms with E-state index >= 15 is 0 Å². The summed E-state index contributed by atoms with van der Waals surface area (Å²) in [6, 6.07) is -0.702. The molecule has 6 heteroatoms. The van der Waals surface area contributed by atoms with Crippen LogP contribution in [0.25, 0.3) is 0 Å². The van der Waals surface area contributed by atoms with Gasteiger partial charge in [0.2, 0.25) is 0 Å². The molecule has 1 heterocycles. The molecule has 0 radical (unpaired) electrons. The molecule has 0 fully saturated rings. The van der Waals surface area contributed by atoms with Crippen molar-refractivity contribution in [2.75, 3.05) is 6.54 Å². The predicted molar refractivity (Wildman–Crippen MR) is 36.9 cm³/mol. The minimum Gasteiger partial charge on any atom is -0.363 e. The van der Waals surface area contributed by atoms with E-state index in [0.717, 1.165) is 0 Å². The Kier molecular flexibility index (Phi) is 1.95. The molecule has 0 atom stereocenters. The van der Waals surface area contributed by atoms with Gasteiger partial charge in [-0.05, 0) is 0 Å². The van der Waals surface area contributed by atoms with Crippen LogP contribution in [-0.4, -0.2) is 18.4 Å². The maximum atomic E-state index is 10.6. The number of amides is 2. The summed E-state index contributed by atoms with van der Waals surface area (Å²) >= 11 is 0. The number of carbonyl (C=O) groups is 2. The fourth-order valence-corrected chi connectivity index (χ4v) is 0.655. The normalized spacial score (nSPS) is 15.3. The molecule has 6 nitrogen and oxygen atoms in total. The van der Waals surface area contributed by atoms with Gasteiger partial charge in [0.05, 0.1) is 6.54 Å². The largest absolute Gasteiger partial charge is 0.363 e. The Bertz CT molecular complexity index is 223. The molecule has 0 unspecified atom stereocenters. The van der Waals surface area contributed by atoms with E-state index < -0.39 is 6.03 Å². The molecule has 1 rings (SSSR count). The van der Waals surface area contributed by atoms with Crippen molar-refractivity contribution in [3.63, 3.8) is 0 Å². The number of carbonyl (C=O) groups excluding carboxylic acids is 2. The number of hydrogen-bond donors (Lipinski definition) is 4. The lowest BCUT2D eigenvalue weighted by Gasteiger charge is -2.05. The van der Waals surface area contributed by atoms with Crippen molar-refractivity contribution in [3.05, 3.63) is 11.9 Å². The van der Waals surface area contributed by atoms with Crippen LogP contribution in [0.1, 0.15) is 0 Å². The average Bonchev–Trinajstić information content (AvgIpc) is 2.31. The molecule has 0 bridgehead atoms. The SMILES string of the molecule is NC(=O)NNC1=CC(=O)CN1. The van der Waals surface area contributed by atoms with Gasteiger partial charge in [-0.3, -0.25) is 15.6 Å². The minimum atomic E-state index is -0.702. The van der Waals surface area contributed by atoms with Crippen molar-refractivity contribution in [2.45, 2.75) is 0 Å². The quantitative estimate of drug-likeness (QED) is 0.354. The summed E-state index contributed by atoms with van der Waals surface area (Å²) in [7, 11) is 0. The van der Waals surface area contributed by atoms with Crippen LogP contribution >= 0.6 is 0 Å². The lowest BCUT2D eigenvalue weighted by molar-refractivity contribution is -0.113. The van der Waals surface area contributed by atoms with Crippen LogP contribution < -0.4 is 21.9 Å². The Morgan fingerprint density at radius 3 is 2.91 bits per heavy atom. The number of nitrogens with one attached hydrogen (secondary N) is 3. The number of nitrogens with two attached hydrogens (primary N) is 1. The summed E-state index contributed by atoms with van der Waals surface area (Å²) in [4.78, 5) is 20.7. The third kappa shape index (κ3) is 2.17. The van der Waals surface area contributed by atoms with Crippen molar-refractivity contribution in [3.8, 4) is 0 Å². The van der Waals surface area contributed by atoms with Crippen LogP contribution in [-0.2, 0) is 4.79 Å². The van der Waals surface area contributed by atoms with E-state index in [-0.39, 0.29) is 12.3 Å². The first kappa shape index (κ1) is 7.39. The Morgan fingerprint density at radius 2 is 2.45 bits per heavy atom. The van der Waals surface area contributed by atoms with Gasteiger partial charge in [0.15, 0.2) is 5.78 Å². The minimum absolute atomic E-state index is 0.0428. The molecule has 0 aromatic rings. The highest BCUT2D eigenvalue weighted by molar-refractivity contribution is 5.94. The summed E-state index contributed by atoms with van der Waals surface area (Å²) in [6.45, 7) is 0.253. The Balaban J connectivity index is 2.33. The van der Waals surface area contributed by atoms with Gasteiger partial charge in [-0.1, -0.05) is 0 Å². The molecule has 0 aliphatic carbocycles. The molecule has 0 saturated carbocycles. The first-order chi connectivity index (χ1) is 5.18. The fourth-order valence-electron chi connectivity index (χ4n) is 0.655. The maximum Gasteiger partial charge on any atom is 0.330 e. The van der Waals surface area contributed by atoms with E-state index in [1.165, 1.54) is 6.08 Å². The van der Waals surface area contributed by atoms with Crippen molar-refractivity contribution >= 4 is 11.8 Å².